The van der Waals surface area contributed by atoms with Crippen LogP contribution in [0.5, 0.6) is 0 Å². The standard InChI is InChI=1S/C18H21NO3/c1-3-4-5-12-19-16(14-8-6-13(2)7-9-14)11-10-15(17(19)20)18(21)22/h6-11H,3-5,12H2,1-2H3,(H,21,22). The molecule has 0 fully saturated rings. The molecule has 1 aromatic carbocycles. The third-order valence-corrected chi connectivity index (χ3v) is 3.74. The lowest BCUT2D eigenvalue weighted by atomic mass is 10.1. The molecule has 0 unspecified atom stereocenters. The molecule has 0 spiro atoms. The van der Waals surface area contributed by atoms with Crippen molar-refractivity contribution >= 4 is 5.97 Å². The highest BCUT2D eigenvalue weighted by molar-refractivity contribution is 5.87. The number of carbonyl (C=O) groups is 1. The molecule has 0 radical (unpaired) electrons. The first-order valence-corrected chi connectivity index (χ1v) is 7.58. The third kappa shape index (κ3) is 3.45. The minimum absolute atomic E-state index is 0.174. The van der Waals surface area contributed by atoms with Gasteiger partial charge in [0.05, 0.1) is 5.69 Å². The fourth-order valence-electron chi connectivity index (χ4n) is 2.46. The van der Waals surface area contributed by atoms with E-state index in [-0.39, 0.29) is 5.56 Å². The van der Waals surface area contributed by atoms with Gasteiger partial charge in [-0.05, 0) is 31.0 Å². The van der Waals surface area contributed by atoms with Gasteiger partial charge in [0.1, 0.15) is 5.56 Å². The van der Waals surface area contributed by atoms with Crippen LogP contribution in [0.1, 0.15) is 42.1 Å². The van der Waals surface area contributed by atoms with Crippen LogP contribution in [0.2, 0.25) is 0 Å². The first-order valence-electron chi connectivity index (χ1n) is 7.58. The molecule has 0 aliphatic rings. The maximum atomic E-state index is 12.4. The molecule has 0 atom stereocenters. The van der Waals surface area contributed by atoms with Crippen LogP contribution in [0.4, 0.5) is 0 Å². The first-order chi connectivity index (χ1) is 10.5. The first kappa shape index (κ1) is 16.0. The average Bonchev–Trinajstić information content (AvgIpc) is 2.49. The molecule has 0 aliphatic carbocycles. The number of aryl methyl sites for hydroxylation is 1. The van der Waals surface area contributed by atoms with Crippen LogP contribution in [0.15, 0.2) is 41.2 Å². The topological polar surface area (TPSA) is 59.3 Å². The average molecular weight is 299 g/mol. The monoisotopic (exact) mass is 299 g/mol. The van der Waals surface area contributed by atoms with E-state index in [9.17, 15) is 9.59 Å². The van der Waals surface area contributed by atoms with Crippen LogP contribution in [0.25, 0.3) is 11.3 Å². The van der Waals surface area contributed by atoms with Gasteiger partial charge in [-0.2, -0.15) is 0 Å². The quantitative estimate of drug-likeness (QED) is 0.827. The van der Waals surface area contributed by atoms with E-state index in [0.29, 0.717) is 6.54 Å². The molecule has 0 saturated heterocycles. The number of carboxylic acids is 1. The molecule has 0 amide bonds. The summed E-state index contributed by atoms with van der Waals surface area (Å²) in [5.41, 5.74) is 2.24. The summed E-state index contributed by atoms with van der Waals surface area (Å²) in [6.45, 7) is 4.64. The van der Waals surface area contributed by atoms with E-state index in [2.05, 4.69) is 6.92 Å². The summed E-state index contributed by atoms with van der Waals surface area (Å²) in [4.78, 5) is 23.6. The Kier molecular flexibility index (Phi) is 5.15. The number of nitrogens with zero attached hydrogens (tertiary/aromatic N) is 1. The zero-order valence-electron chi connectivity index (χ0n) is 13.0. The molecule has 0 saturated carbocycles. The summed E-state index contributed by atoms with van der Waals surface area (Å²) in [5, 5.41) is 9.15. The predicted molar refractivity (Wildman–Crippen MR) is 87.4 cm³/mol. The SMILES string of the molecule is CCCCCn1c(-c2ccc(C)cc2)ccc(C(=O)O)c1=O. The van der Waals surface area contributed by atoms with Crippen molar-refractivity contribution in [2.75, 3.05) is 0 Å². The fraction of sp³-hybridized carbons (Fsp3) is 0.333. The van der Waals surface area contributed by atoms with Crippen molar-refractivity contribution in [2.24, 2.45) is 0 Å². The number of unbranched alkanes of at least 4 members (excludes halogenated alkanes) is 2. The van der Waals surface area contributed by atoms with Crippen molar-refractivity contribution in [3.8, 4) is 11.3 Å². The van der Waals surface area contributed by atoms with Gasteiger partial charge in [-0.1, -0.05) is 49.6 Å². The van der Waals surface area contributed by atoms with Crippen LogP contribution in [-0.2, 0) is 6.54 Å². The van der Waals surface area contributed by atoms with Crippen molar-refractivity contribution in [3.05, 3.63) is 57.9 Å². The second-order valence-electron chi connectivity index (χ2n) is 5.47. The number of aromatic carboxylic acids is 1. The second-order valence-corrected chi connectivity index (χ2v) is 5.47. The second kappa shape index (κ2) is 7.07. The molecule has 1 aromatic heterocycles. The van der Waals surface area contributed by atoms with Crippen LogP contribution in [0.3, 0.4) is 0 Å². The zero-order chi connectivity index (χ0) is 16.1. The van der Waals surface area contributed by atoms with E-state index in [1.165, 1.54) is 6.07 Å². The normalized spacial score (nSPS) is 10.6. The number of carboxylic acid groups (broad SMARTS) is 1. The number of benzene rings is 1. The Morgan fingerprint density at radius 2 is 1.77 bits per heavy atom. The molecule has 4 heteroatoms. The molecule has 1 N–H and O–H groups in total. The molecule has 2 rings (SSSR count). The molecular weight excluding hydrogens is 278 g/mol. The Labute approximate surface area is 130 Å². The Bertz CT molecular complexity index is 714. The predicted octanol–water partition coefficient (Wildman–Crippen LogP) is 3.71. The summed E-state index contributed by atoms with van der Waals surface area (Å²) in [7, 11) is 0. The van der Waals surface area contributed by atoms with Gasteiger partial charge < -0.3 is 9.67 Å². The number of hydrogen-bond donors (Lipinski definition) is 1. The molecule has 0 aliphatic heterocycles. The van der Waals surface area contributed by atoms with Gasteiger partial charge in [-0.3, -0.25) is 4.79 Å². The molecular formula is C18H21NO3. The summed E-state index contributed by atoms with van der Waals surface area (Å²) in [5.74, 6) is -1.18. The van der Waals surface area contributed by atoms with E-state index in [1.54, 1.807) is 10.6 Å². The van der Waals surface area contributed by atoms with Gasteiger partial charge in [0, 0.05) is 6.54 Å². The van der Waals surface area contributed by atoms with Gasteiger partial charge in [0.25, 0.3) is 5.56 Å². The Morgan fingerprint density at radius 1 is 1.09 bits per heavy atom. The summed E-state index contributed by atoms with van der Waals surface area (Å²) in [6, 6.07) is 11.0. The van der Waals surface area contributed by atoms with Crippen molar-refractivity contribution in [1.29, 1.82) is 0 Å². The zero-order valence-corrected chi connectivity index (χ0v) is 13.0. The summed E-state index contributed by atoms with van der Waals surface area (Å²) in [6.07, 6.45) is 2.92. The molecule has 116 valence electrons. The Morgan fingerprint density at radius 3 is 2.36 bits per heavy atom. The molecule has 2 aromatic rings. The third-order valence-electron chi connectivity index (χ3n) is 3.74. The lowest BCUT2D eigenvalue weighted by molar-refractivity contribution is 0.0694. The fourth-order valence-corrected chi connectivity index (χ4v) is 2.46. The van der Waals surface area contributed by atoms with Gasteiger partial charge in [0.15, 0.2) is 0 Å². The number of rotatable bonds is 6. The van der Waals surface area contributed by atoms with Crippen molar-refractivity contribution < 1.29 is 9.90 Å². The Balaban J connectivity index is 2.52. The van der Waals surface area contributed by atoms with Gasteiger partial charge in [-0.15, -0.1) is 0 Å². The van der Waals surface area contributed by atoms with Crippen LogP contribution < -0.4 is 5.56 Å². The lowest BCUT2D eigenvalue weighted by Crippen LogP contribution is -2.27. The summed E-state index contributed by atoms with van der Waals surface area (Å²) >= 11 is 0. The molecule has 1 heterocycles. The van der Waals surface area contributed by atoms with E-state index < -0.39 is 11.5 Å². The van der Waals surface area contributed by atoms with E-state index in [0.717, 1.165) is 36.1 Å². The highest BCUT2D eigenvalue weighted by atomic mass is 16.4. The number of pyridine rings is 1. The van der Waals surface area contributed by atoms with Crippen molar-refractivity contribution in [2.45, 2.75) is 39.7 Å². The van der Waals surface area contributed by atoms with Crippen molar-refractivity contribution in [3.63, 3.8) is 0 Å². The number of aromatic nitrogens is 1. The Hall–Kier alpha value is -2.36. The number of hydrogen-bond acceptors (Lipinski definition) is 2. The van der Waals surface area contributed by atoms with Gasteiger partial charge in [0.2, 0.25) is 0 Å². The smallest absolute Gasteiger partial charge is 0.341 e. The van der Waals surface area contributed by atoms with E-state index in [1.807, 2.05) is 31.2 Å². The molecule has 4 nitrogen and oxygen atoms in total. The molecule has 0 bridgehead atoms. The maximum Gasteiger partial charge on any atom is 0.341 e. The van der Waals surface area contributed by atoms with Gasteiger partial charge >= 0.3 is 5.97 Å². The highest BCUT2D eigenvalue weighted by Gasteiger charge is 2.14. The van der Waals surface area contributed by atoms with Crippen molar-refractivity contribution in [1.82, 2.24) is 4.57 Å². The van der Waals surface area contributed by atoms with Gasteiger partial charge in [-0.25, -0.2) is 4.79 Å². The lowest BCUT2D eigenvalue weighted by Gasteiger charge is -2.14. The van der Waals surface area contributed by atoms with Crippen LogP contribution >= 0.6 is 0 Å². The van der Waals surface area contributed by atoms with Crippen LogP contribution in [0, 0.1) is 6.92 Å². The largest absolute Gasteiger partial charge is 0.477 e. The van der Waals surface area contributed by atoms with Crippen LogP contribution in [-0.4, -0.2) is 15.6 Å². The summed E-state index contributed by atoms with van der Waals surface area (Å²) < 4.78 is 1.59. The van der Waals surface area contributed by atoms with E-state index >= 15 is 0 Å². The van der Waals surface area contributed by atoms with E-state index in [4.69, 9.17) is 5.11 Å². The highest BCUT2D eigenvalue weighted by Crippen LogP contribution is 2.19. The maximum absolute atomic E-state index is 12.4. The minimum Gasteiger partial charge on any atom is -0.477 e. The minimum atomic E-state index is -1.18. The molecule has 22 heavy (non-hydrogen) atoms.